The second-order valence-corrected chi connectivity index (χ2v) is 6.90. The molecule has 1 aliphatic rings. The van der Waals surface area contributed by atoms with E-state index in [2.05, 4.69) is 39.4 Å². The minimum atomic E-state index is -0.160. The molecule has 3 aromatic rings. The van der Waals surface area contributed by atoms with Gasteiger partial charge in [-0.15, -0.1) is 10.2 Å². The summed E-state index contributed by atoms with van der Waals surface area (Å²) in [5.41, 5.74) is 3.51. The molecule has 0 fully saturated rings. The average molecular weight is 349 g/mol. The Hall–Kier alpha value is -2.73. The zero-order valence-electron chi connectivity index (χ0n) is 15.2. The average Bonchev–Trinajstić information content (AvgIpc) is 3.09. The molecule has 0 saturated heterocycles. The lowest BCUT2D eigenvalue weighted by atomic mass is 9.98. The molecule has 0 radical (unpaired) electrons. The number of benzene rings is 1. The number of pyridine rings is 1. The van der Waals surface area contributed by atoms with E-state index >= 15 is 0 Å². The standard InChI is InChI=1S/C20H23N5O/c1-15(24-12-10-16-7-3-4-8-17(16)13-24)20(26)23(2)14-19-22-21-18-9-5-6-11-25(18)19/h3-9,11,15H,10,12-14H2,1-2H3/t15-/m0/s1. The predicted octanol–water partition coefficient (Wildman–Crippen LogP) is 2.13. The van der Waals surface area contributed by atoms with Gasteiger partial charge in [-0.25, -0.2) is 0 Å². The van der Waals surface area contributed by atoms with Crippen LogP contribution in [0.15, 0.2) is 48.7 Å². The van der Waals surface area contributed by atoms with Crippen molar-refractivity contribution in [2.75, 3.05) is 13.6 Å². The van der Waals surface area contributed by atoms with Crippen molar-refractivity contribution in [1.82, 2.24) is 24.4 Å². The van der Waals surface area contributed by atoms with Crippen LogP contribution >= 0.6 is 0 Å². The number of amides is 1. The molecule has 0 bridgehead atoms. The molecule has 1 atom stereocenters. The van der Waals surface area contributed by atoms with Gasteiger partial charge in [-0.1, -0.05) is 30.3 Å². The Balaban J connectivity index is 1.45. The van der Waals surface area contributed by atoms with E-state index in [0.717, 1.165) is 31.0 Å². The fourth-order valence-electron chi connectivity index (χ4n) is 3.61. The Kier molecular flexibility index (Phi) is 4.42. The van der Waals surface area contributed by atoms with Gasteiger partial charge in [-0.2, -0.15) is 0 Å². The predicted molar refractivity (Wildman–Crippen MR) is 99.5 cm³/mol. The number of rotatable bonds is 4. The number of nitrogens with zero attached hydrogens (tertiary/aromatic N) is 5. The third-order valence-corrected chi connectivity index (χ3v) is 5.20. The Morgan fingerprint density at radius 2 is 1.92 bits per heavy atom. The van der Waals surface area contributed by atoms with Crippen LogP contribution in [0.3, 0.4) is 0 Å². The van der Waals surface area contributed by atoms with Crippen LogP contribution in [0.1, 0.15) is 23.9 Å². The molecule has 0 aliphatic carbocycles. The van der Waals surface area contributed by atoms with Gasteiger partial charge in [0.2, 0.25) is 5.91 Å². The van der Waals surface area contributed by atoms with E-state index in [9.17, 15) is 4.79 Å². The van der Waals surface area contributed by atoms with E-state index in [1.54, 1.807) is 4.90 Å². The lowest BCUT2D eigenvalue weighted by Crippen LogP contribution is -2.47. The minimum Gasteiger partial charge on any atom is -0.337 e. The first-order chi connectivity index (χ1) is 12.6. The number of likely N-dealkylation sites (N-methyl/N-ethyl adjacent to an activating group) is 1. The molecule has 0 N–H and O–H groups in total. The van der Waals surface area contributed by atoms with E-state index in [-0.39, 0.29) is 11.9 Å². The van der Waals surface area contributed by atoms with Gasteiger partial charge in [-0.05, 0) is 36.6 Å². The van der Waals surface area contributed by atoms with Gasteiger partial charge in [0.1, 0.15) is 0 Å². The zero-order chi connectivity index (χ0) is 18.1. The van der Waals surface area contributed by atoms with E-state index < -0.39 is 0 Å². The van der Waals surface area contributed by atoms with Crippen molar-refractivity contribution in [1.29, 1.82) is 0 Å². The Labute approximate surface area is 153 Å². The van der Waals surface area contributed by atoms with Gasteiger partial charge in [0.25, 0.3) is 0 Å². The number of hydrogen-bond acceptors (Lipinski definition) is 4. The molecule has 1 aromatic carbocycles. The monoisotopic (exact) mass is 349 g/mol. The fraction of sp³-hybridized carbons (Fsp3) is 0.350. The first-order valence-corrected chi connectivity index (χ1v) is 8.98. The third kappa shape index (κ3) is 3.08. The third-order valence-electron chi connectivity index (χ3n) is 5.20. The van der Waals surface area contributed by atoms with Crippen molar-refractivity contribution in [2.45, 2.75) is 32.5 Å². The van der Waals surface area contributed by atoms with Crippen molar-refractivity contribution >= 4 is 11.6 Å². The van der Waals surface area contributed by atoms with Crippen LogP contribution in [0.25, 0.3) is 5.65 Å². The Morgan fingerprint density at radius 1 is 1.15 bits per heavy atom. The van der Waals surface area contributed by atoms with Crippen LogP contribution < -0.4 is 0 Å². The highest BCUT2D eigenvalue weighted by molar-refractivity contribution is 5.81. The molecule has 4 rings (SSSR count). The highest BCUT2D eigenvalue weighted by Gasteiger charge is 2.27. The summed E-state index contributed by atoms with van der Waals surface area (Å²) < 4.78 is 1.92. The number of fused-ring (bicyclic) bond motifs is 2. The van der Waals surface area contributed by atoms with E-state index in [1.807, 2.05) is 42.8 Å². The van der Waals surface area contributed by atoms with Crippen LogP contribution in [0, 0.1) is 0 Å². The molecule has 1 amide bonds. The van der Waals surface area contributed by atoms with Crippen LogP contribution in [0.2, 0.25) is 0 Å². The molecule has 134 valence electrons. The zero-order valence-corrected chi connectivity index (χ0v) is 15.2. The Morgan fingerprint density at radius 3 is 2.77 bits per heavy atom. The lowest BCUT2D eigenvalue weighted by molar-refractivity contribution is -0.136. The second-order valence-electron chi connectivity index (χ2n) is 6.90. The molecular weight excluding hydrogens is 326 g/mol. The summed E-state index contributed by atoms with van der Waals surface area (Å²) in [5, 5.41) is 8.38. The summed E-state index contributed by atoms with van der Waals surface area (Å²) in [6.07, 6.45) is 2.92. The molecular formula is C20H23N5O. The highest BCUT2D eigenvalue weighted by Crippen LogP contribution is 2.21. The summed E-state index contributed by atoms with van der Waals surface area (Å²) >= 11 is 0. The van der Waals surface area contributed by atoms with E-state index in [4.69, 9.17) is 0 Å². The van der Waals surface area contributed by atoms with Crippen LogP contribution in [0.5, 0.6) is 0 Å². The second kappa shape index (κ2) is 6.88. The van der Waals surface area contributed by atoms with Crippen molar-refractivity contribution in [2.24, 2.45) is 0 Å². The van der Waals surface area contributed by atoms with Gasteiger partial charge in [0.15, 0.2) is 11.5 Å². The topological polar surface area (TPSA) is 53.7 Å². The first-order valence-electron chi connectivity index (χ1n) is 8.98. The van der Waals surface area contributed by atoms with Crippen molar-refractivity contribution in [3.63, 3.8) is 0 Å². The van der Waals surface area contributed by atoms with Gasteiger partial charge < -0.3 is 4.90 Å². The summed E-state index contributed by atoms with van der Waals surface area (Å²) in [7, 11) is 1.83. The molecule has 6 heteroatoms. The summed E-state index contributed by atoms with van der Waals surface area (Å²) in [5.74, 6) is 0.879. The maximum atomic E-state index is 12.9. The van der Waals surface area contributed by atoms with Crippen molar-refractivity contribution in [3.8, 4) is 0 Å². The molecule has 0 spiro atoms. The number of carbonyl (C=O) groups excluding carboxylic acids is 1. The smallest absolute Gasteiger partial charge is 0.239 e. The molecule has 6 nitrogen and oxygen atoms in total. The molecule has 0 unspecified atom stereocenters. The SMILES string of the molecule is C[C@@H](C(=O)N(C)Cc1nnc2ccccn12)N1CCc2ccccc2C1. The van der Waals surface area contributed by atoms with Crippen LogP contribution in [-0.2, 0) is 24.3 Å². The fourth-order valence-corrected chi connectivity index (χ4v) is 3.61. The number of carbonyl (C=O) groups is 1. The maximum Gasteiger partial charge on any atom is 0.239 e. The molecule has 26 heavy (non-hydrogen) atoms. The van der Waals surface area contributed by atoms with Crippen molar-refractivity contribution < 1.29 is 4.79 Å². The normalized spacial score (nSPS) is 15.6. The summed E-state index contributed by atoms with van der Waals surface area (Å²) in [6.45, 7) is 4.17. The number of aromatic nitrogens is 3. The van der Waals surface area contributed by atoms with E-state index in [0.29, 0.717) is 6.54 Å². The Bertz CT molecular complexity index is 935. The van der Waals surface area contributed by atoms with Crippen molar-refractivity contribution in [3.05, 3.63) is 65.6 Å². The van der Waals surface area contributed by atoms with Crippen LogP contribution in [0.4, 0.5) is 0 Å². The van der Waals surface area contributed by atoms with Gasteiger partial charge >= 0.3 is 0 Å². The maximum absolute atomic E-state index is 12.9. The highest BCUT2D eigenvalue weighted by atomic mass is 16.2. The quantitative estimate of drug-likeness (QED) is 0.724. The summed E-state index contributed by atoms with van der Waals surface area (Å²) in [4.78, 5) is 16.9. The molecule has 2 aromatic heterocycles. The van der Waals surface area contributed by atoms with E-state index in [1.165, 1.54) is 11.1 Å². The molecule has 3 heterocycles. The molecule has 0 saturated carbocycles. The minimum absolute atomic E-state index is 0.108. The van der Waals surface area contributed by atoms with Gasteiger partial charge in [0, 0.05) is 26.3 Å². The first kappa shape index (κ1) is 16.7. The lowest BCUT2D eigenvalue weighted by Gasteiger charge is -2.34. The van der Waals surface area contributed by atoms with Gasteiger partial charge in [-0.3, -0.25) is 14.1 Å². The summed E-state index contributed by atoms with van der Waals surface area (Å²) in [6, 6.07) is 14.1. The molecule has 1 aliphatic heterocycles. The number of hydrogen-bond donors (Lipinski definition) is 0. The van der Waals surface area contributed by atoms with Crippen LogP contribution in [-0.4, -0.2) is 49.9 Å². The van der Waals surface area contributed by atoms with Gasteiger partial charge in [0.05, 0.1) is 12.6 Å². The largest absolute Gasteiger partial charge is 0.337 e.